The molecule has 2 N–H and O–H groups in total. The fourth-order valence-corrected chi connectivity index (χ4v) is 5.66. The van der Waals surface area contributed by atoms with Gasteiger partial charge in [-0.1, -0.05) is 44.6 Å². The van der Waals surface area contributed by atoms with E-state index in [9.17, 15) is 9.90 Å². The number of thiocarbonyl (C=S) groups is 1. The summed E-state index contributed by atoms with van der Waals surface area (Å²) in [5.74, 6) is 0.211. The molecule has 3 aromatic rings. The quantitative estimate of drug-likeness (QED) is 0.330. The summed E-state index contributed by atoms with van der Waals surface area (Å²) in [6.07, 6.45) is 7.27. The average molecular weight is 479 g/mol. The molecular weight excluding hydrogens is 444 g/mol. The first-order chi connectivity index (χ1) is 16.5. The van der Waals surface area contributed by atoms with Crippen LogP contribution in [0.15, 0.2) is 42.6 Å². The summed E-state index contributed by atoms with van der Waals surface area (Å²) < 4.78 is 5.64. The van der Waals surface area contributed by atoms with E-state index in [2.05, 4.69) is 48.1 Å². The van der Waals surface area contributed by atoms with Crippen LogP contribution in [-0.2, 0) is 6.42 Å². The van der Waals surface area contributed by atoms with Gasteiger partial charge in [-0.15, -0.1) is 0 Å². The molecule has 0 amide bonds. The maximum absolute atomic E-state index is 11.5. The summed E-state index contributed by atoms with van der Waals surface area (Å²) in [4.78, 5) is 18.4. The number of hydrogen-bond acceptors (Lipinski definition) is 3. The molecule has 2 aromatic carbocycles. The first-order valence-electron chi connectivity index (χ1n) is 12.3. The molecule has 2 unspecified atom stereocenters. The topological polar surface area (TPSA) is 65.6 Å². The molecule has 4 rings (SSSR count). The number of likely N-dealkylation sites (tertiary alicyclic amines) is 1. The van der Waals surface area contributed by atoms with Crippen LogP contribution in [0.25, 0.3) is 10.9 Å². The van der Waals surface area contributed by atoms with Crippen molar-refractivity contribution in [3.05, 3.63) is 64.8 Å². The summed E-state index contributed by atoms with van der Waals surface area (Å²) in [5, 5.41) is 10.6. The highest BCUT2D eigenvalue weighted by Gasteiger charge is 2.28. The number of aromatic nitrogens is 1. The fraction of sp³-hybridized carbons (Fsp3) is 0.429. The van der Waals surface area contributed by atoms with E-state index >= 15 is 0 Å². The highest BCUT2D eigenvalue weighted by atomic mass is 32.1. The number of rotatable bonds is 10. The highest BCUT2D eigenvalue weighted by Crippen LogP contribution is 2.39. The Hall–Kier alpha value is -2.86. The van der Waals surface area contributed by atoms with Gasteiger partial charge in [-0.3, -0.25) is 0 Å². The molecule has 0 spiro atoms. The lowest BCUT2D eigenvalue weighted by molar-refractivity contribution is 0.0696. The molecule has 0 bridgehead atoms. The molecule has 0 saturated carbocycles. The van der Waals surface area contributed by atoms with Crippen LogP contribution in [0.5, 0.6) is 5.75 Å². The van der Waals surface area contributed by atoms with Crippen LogP contribution >= 0.6 is 12.2 Å². The van der Waals surface area contributed by atoms with Crippen LogP contribution in [0.4, 0.5) is 0 Å². The Morgan fingerprint density at radius 3 is 2.74 bits per heavy atom. The second-order valence-electron chi connectivity index (χ2n) is 9.24. The van der Waals surface area contributed by atoms with E-state index in [4.69, 9.17) is 17.0 Å². The Bertz CT molecular complexity index is 1190. The maximum Gasteiger partial charge on any atom is 0.335 e. The Kier molecular flexibility index (Phi) is 7.57. The molecule has 6 heteroatoms. The molecule has 2 heterocycles. The molecule has 1 aromatic heterocycles. The molecule has 0 aliphatic carbocycles. The Labute approximate surface area is 207 Å². The van der Waals surface area contributed by atoms with Crippen LogP contribution < -0.4 is 4.74 Å². The zero-order chi connectivity index (χ0) is 24.2. The van der Waals surface area contributed by atoms with E-state index in [0.29, 0.717) is 11.7 Å². The molecule has 0 radical (unpaired) electrons. The normalized spacial score (nSPS) is 16.9. The predicted octanol–water partition coefficient (Wildman–Crippen LogP) is 6.41. The second kappa shape index (κ2) is 10.6. The SMILES string of the molecule is CCCC(c1ccc(C(=O)O)cc1OC)c1c[nH]c2ccc(CC3CCN(CCC)C3=S)cc12. The van der Waals surface area contributed by atoms with E-state index in [1.165, 1.54) is 16.5 Å². The largest absolute Gasteiger partial charge is 0.496 e. The van der Waals surface area contributed by atoms with Gasteiger partial charge in [0.25, 0.3) is 0 Å². The second-order valence-corrected chi connectivity index (χ2v) is 9.66. The van der Waals surface area contributed by atoms with Crippen LogP contribution in [0.2, 0.25) is 0 Å². The van der Waals surface area contributed by atoms with Gasteiger partial charge < -0.3 is 19.7 Å². The average Bonchev–Trinajstić information content (AvgIpc) is 3.41. The van der Waals surface area contributed by atoms with Crippen LogP contribution in [0, 0.1) is 5.92 Å². The van der Waals surface area contributed by atoms with Gasteiger partial charge in [0.15, 0.2) is 0 Å². The summed E-state index contributed by atoms with van der Waals surface area (Å²) in [7, 11) is 1.60. The van der Waals surface area contributed by atoms with Gasteiger partial charge in [-0.2, -0.15) is 0 Å². The smallest absolute Gasteiger partial charge is 0.335 e. The fourth-order valence-electron chi connectivity index (χ4n) is 5.27. The molecule has 1 aliphatic rings. The van der Waals surface area contributed by atoms with Gasteiger partial charge in [0.2, 0.25) is 0 Å². The third kappa shape index (κ3) is 4.83. The summed E-state index contributed by atoms with van der Waals surface area (Å²) in [5.41, 5.74) is 4.90. The zero-order valence-corrected chi connectivity index (χ0v) is 21.1. The number of nitrogens with one attached hydrogen (secondary N) is 1. The molecule has 1 fully saturated rings. The number of methoxy groups -OCH3 is 1. The van der Waals surface area contributed by atoms with Crippen molar-refractivity contribution in [1.29, 1.82) is 0 Å². The van der Waals surface area contributed by atoms with Crippen molar-refractivity contribution in [2.75, 3.05) is 20.2 Å². The Morgan fingerprint density at radius 1 is 1.21 bits per heavy atom. The van der Waals surface area contributed by atoms with Gasteiger partial charge >= 0.3 is 5.97 Å². The van der Waals surface area contributed by atoms with Crippen molar-refractivity contribution in [2.24, 2.45) is 5.92 Å². The van der Waals surface area contributed by atoms with Crippen LogP contribution in [-0.4, -0.2) is 46.1 Å². The third-order valence-corrected chi connectivity index (χ3v) is 7.56. The van der Waals surface area contributed by atoms with Crippen molar-refractivity contribution in [3.8, 4) is 5.75 Å². The number of carboxylic acids is 1. The number of carbonyl (C=O) groups is 1. The summed E-state index contributed by atoms with van der Waals surface area (Å²) in [6, 6.07) is 11.9. The van der Waals surface area contributed by atoms with Crippen molar-refractivity contribution >= 4 is 34.1 Å². The zero-order valence-electron chi connectivity index (χ0n) is 20.3. The lowest BCUT2D eigenvalue weighted by Crippen LogP contribution is -2.27. The van der Waals surface area contributed by atoms with E-state index in [1.54, 1.807) is 19.2 Å². The number of ether oxygens (including phenoxy) is 1. The molecule has 5 nitrogen and oxygen atoms in total. The number of hydrogen-bond donors (Lipinski definition) is 2. The lowest BCUT2D eigenvalue weighted by atomic mass is 9.85. The van der Waals surface area contributed by atoms with Crippen molar-refractivity contribution in [3.63, 3.8) is 0 Å². The van der Waals surface area contributed by atoms with Gasteiger partial charge in [-0.25, -0.2) is 4.79 Å². The Morgan fingerprint density at radius 2 is 2.03 bits per heavy atom. The number of fused-ring (bicyclic) bond motifs is 1. The van der Waals surface area contributed by atoms with Crippen LogP contribution in [0.3, 0.4) is 0 Å². The first kappa shape index (κ1) is 24.3. The predicted molar refractivity (Wildman–Crippen MR) is 141 cm³/mol. The van der Waals surface area contributed by atoms with E-state index in [1.807, 2.05) is 6.07 Å². The maximum atomic E-state index is 11.5. The number of nitrogens with zero attached hydrogens (tertiary/aromatic N) is 1. The molecule has 1 aliphatic heterocycles. The van der Waals surface area contributed by atoms with Crippen molar-refractivity contribution < 1.29 is 14.6 Å². The number of carboxylic acid groups (broad SMARTS) is 1. The number of benzene rings is 2. The van der Waals surface area contributed by atoms with Gasteiger partial charge in [0, 0.05) is 47.6 Å². The summed E-state index contributed by atoms with van der Waals surface area (Å²) >= 11 is 5.79. The minimum Gasteiger partial charge on any atom is -0.496 e. The van der Waals surface area contributed by atoms with Crippen molar-refractivity contribution in [2.45, 2.75) is 51.9 Å². The molecule has 2 atom stereocenters. The molecule has 1 saturated heterocycles. The van der Waals surface area contributed by atoms with E-state index in [-0.39, 0.29) is 11.5 Å². The number of aromatic carboxylic acids is 1. The lowest BCUT2D eigenvalue weighted by Gasteiger charge is -2.20. The molecule has 180 valence electrons. The van der Waals surface area contributed by atoms with E-state index in [0.717, 1.165) is 61.3 Å². The Balaban J connectivity index is 1.68. The third-order valence-electron chi connectivity index (χ3n) is 6.97. The van der Waals surface area contributed by atoms with Gasteiger partial charge in [-0.05, 0) is 61.1 Å². The number of H-pyrrole nitrogens is 1. The first-order valence-corrected chi connectivity index (χ1v) is 12.7. The standard InChI is InChI=1S/C28H34N2O3S/c1-4-6-21(22-9-8-20(28(31)32)16-26(22)33-3)24-17-29-25-10-7-18(15-23(24)25)14-19-11-13-30(12-5-2)27(19)34/h7-10,15-17,19,21,29H,4-6,11-14H2,1-3H3,(H,31,32). The summed E-state index contributed by atoms with van der Waals surface area (Å²) in [6.45, 7) is 6.50. The van der Waals surface area contributed by atoms with Gasteiger partial charge in [0.1, 0.15) is 5.75 Å². The minimum atomic E-state index is -0.948. The monoisotopic (exact) mass is 478 g/mol. The minimum absolute atomic E-state index is 0.111. The molecule has 34 heavy (non-hydrogen) atoms. The highest BCUT2D eigenvalue weighted by molar-refractivity contribution is 7.80. The van der Waals surface area contributed by atoms with Crippen molar-refractivity contribution in [1.82, 2.24) is 9.88 Å². The number of aromatic amines is 1. The van der Waals surface area contributed by atoms with E-state index < -0.39 is 5.97 Å². The van der Waals surface area contributed by atoms with Gasteiger partial charge in [0.05, 0.1) is 17.7 Å². The molecular formula is C28H34N2O3S. The van der Waals surface area contributed by atoms with Crippen LogP contribution in [0.1, 0.15) is 72.5 Å².